The predicted molar refractivity (Wildman–Crippen MR) is 37.4 cm³/mol. The molecule has 2 nitrogen and oxygen atoms in total. The van der Waals surface area contributed by atoms with Crippen LogP contribution in [0.2, 0.25) is 0 Å². The van der Waals surface area contributed by atoms with Gasteiger partial charge in [-0.05, 0) is 13.8 Å². The lowest BCUT2D eigenvalue weighted by Crippen LogP contribution is -2.33. The maximum atomic E-state index is 3.41. The summed E-state index contributed by atoms with van der Waals surface area (Å²) in [7, 11) is 0. The zero-order valence-electron chi connectivity index (χ0n) is 6.09. The fourth-order valence-electron chi connectivity index (χ4n) is 1.58. The topological polar surface area (TPSA) is 25.2 Å². The van der Waals surface area contributed by atoms with Crippen molar-refractivity contribution in [2.75, 3.05) is 13.1 Å². The summed E-state index contributed by atoms with van der Waals surface area (Å²) in [5, 5.41) is 3.41. The molecule has 2 aliphatic rings. The molecule has 2 fully saturated rings. The minimum Gasteiger partial charge on any atom is -0.306 e. The van der Waals surface area contributed by atoms with E-state index < -0.39 is 0 Å². The fraction of sp³-hybridized carbons (Fsp3) is 1.00. The Morgan fingerprint density at radius 1 is 1.33 bits per heavy atom. The molecular weight excluding hydrogens is 112 g/mol. The lowest BCUT2D eigenvalue weighted by Gasteiger charge is -2.21. The van der Waals surface area contributed by atoms with Crippen molar-refractivity contribution in [1.29, 1.82) is 0 Å². The van der Waals surface area contributed by atoms with Crippen molar-refractivity contribution in [3.05, 3.63) is 0 Å². The summed E-state index contributed by atoms with van der Waals surface area (Å²) in [6.45, 7) is 7.10. The third-order valence-electron chi connectivity index (χ3n) is 2.40. The van der Waals surface area contributed by atoms with Crippen molar-refractivity contribution >= 4 is 0 Å². The van der Waals surface area contributed by atoms with E-state index in [4.69, 9.17) is 0 Å². The van der Waals surface area contributed by atoms with Crippen LogP contribution in [0.5, 0.6) is 0 Å². The molecule has 2 unspecified atom stereocenters. The van der Waals surface area contributed by atoms with E-state index in [1.807, 2.05) is 0 Å². The van der Waals surface area contributed by atoms with E-state index in [1.54, 1.807) is 0 Å². The van der Waals surface area contributed by atoms with Gasteiger partial charge in [0.05, 0.1) is 0 Å². The van der Waals surface area contributed by atoms with Crippen molar-refractivity contribution in [2.45, 2.75) is 32.0 Å². The zero-order chi connectivity index (χ0) is 6.43. The van der Waals surface area contributed by atoms with Gasteiger partial charge in [-0.1, -0.05) is 0 Å². The van der Waals surface area contributed by atoms with Crippen molar-refractivity contribution in [3.63, 3.8) is 0 Å². The normalized spacial score (nSPS) is 41.7. The Hall–Kier alpha value is -0.0800. The molecule has 2 aliphatic heterocycles. The molecule has 2 atom stereocenters. The fourth-order valence-corrected chi connectivity index (χ4v) is 1.58. The SMILES string of the molecule is CC(C)N1CC2NC2C1. The van der Waals surface area contributed by atoms with Gasteiger partial charge in [0.25, 0.3) is 0 Å². The first-order chi connectivity index (χ1) is 4.27. The van der Waals surface area contributed by atoms with Gasteiger partial charge in [-0.15, -0.1) is 0 Å². The van der Waals surface area contributed by atoms with E-state index in [1.165, 1.54) is 13.1 Å². The molecular formula is C7H14N2. The van der Waals surface area contributed by atoms with Crippen LogP contribution in [0.3, 0.4) is 0 Å². The van der Waals surface area contributed by atoms with Gasteiger partial charge in [-0.3, -0.25) is 4.90 Å². The summed E-state index contributed by atoms with van der Waals surface area (Å²) < 4.78 is 0. The highest BCUT2D eigenvalue weighted by Crippen LogP contribution is 2.22. The van der Waals surface area contributed by atoms with Gasteiger partial charge in [0, 0.05) is 31.2 Å². The quantitative estimate of drug-likeness (QED) is 0.502. The first-order valence-electron chi connectivity index (χ1n) is 3.77. The van der Waals surface area contributed by atoms with Crippen molar-refractivity contribution in [2.24, 2.45) is 0 Å². The molecule has 0 amide bonds. The molecule has 0 aliphatic carbocycles. The van der Waals surface area contributed by atoms with Gasteiger partial charge in [-0.2, -0.15) is 0 Å². The van der Waals surface area contributed by atoms with Gasteiger partial charge < -0.3 is 5.32 Å². The average Bonchev–Trinajstić information content (AvgIpc) is 2.40. The summed E-state index contributed by atoms with van der Waals surface area (Å²) >= 11 is 0. The highest BCUT2D eigenvalue weighted by Gasteiger charge is 2.44. The van der Waals surface area contributed by atoms with Crippen molar-refractivity contribution < 1.29 is 0 Å². The van der Waals surface area contributed by atoms with E-state index in [-0.39, 0.29) is 0 Å². The molecule has 0 bridgehead atoms. The summed E-state index contributed by atoms with van der Waals surface area (Å²) in [5.74, 6) is 0. The first kappa shape index (κ1) is 5.69. The second-order valence-corrected chi connectivity index (χ2v) is 3.43. The van der Waals surface area contributed by atoms with Crippen LogP contribution in [-0.4, -0.2) is 36.1 Å². The van der Waals surface area contributed by atoms with Crippen LogP contribution in [-0.2, 0) is 0 Å². The highest BCUT2D eigenvalue weighted by atomic mass is 15.3. The van der Waals surface area contributed by atoms with Crippen LogP contribution in [0, 0.1) is 0 Å². The molecule has 2 saturated heterocycles. The molecule has 0 aromatic rings. The lowest BCUT2D eigenvalue weighted by molar-refractivity contribution is 0.254. The van der Waals surface area contributed by atoms with Crippen LogP contribution in [0.15, 0.2) is 0 Å². The van der Waals surface area contributed by atoms with Gasteiger partial charge in [-0.25, -0.2) is 0 Å². The Morgan fingerprint density at radius 2 is 1.89 bits per heavy atom. The van der Waals surface area contributed by atoms with E-state index in [0.29, 0.717) is 0 Å². The Kier molecular flexibility index (Phi) is 1.08. The molecule has 2 heteroatoms. The van der Waals surface area contributed by atoms with Crippen LogP contribution in [0.25, 0.3) is 0 Å². The molecule has 2 heterocycles. The molecule has 0 saturated carbocycles. The number of hydrogen-bond donors (Lipinski definition) is 1. The van der Waals surface area contributed by atoms with Crippen molar-refractivity contribution in [3.8, 4) is 0 Å². The maximum absolute atomic E-state index is 3.41. The summed E-state index contributed by atoms with van der Waals surface area (Å²) in [5.41, 5.74) is 0. The first-order valence-corrected chi connectivity index (χ1v) is 3.77. The third-order valence-corrected chi connectivity index (χ3v) is 2.40. The van der Waals surface area contributed by atoms with E-state index in [9.17, 15) is 0 Å². The van der Waals surface area contributed by atoms with Crippen LogP contribution < -0.4 is 5.32 Å². The number of rotatable bonds is 1. The largest absolute Gasteiger partial charge is 0.306 e. The number of piperazine rings is 1. The van der Waals surface area contributed by atoms with Gasteiger partial charge in [0.2, 0.25) is 0 Å². The Balaban J connectivity index is 1.90. The minimum atomic E-state index is 0.750. The van der Waals surface area contributed by atoms with Gasteiger partial charge in [0.15, 0.2) is 0 Å². The number of hydrogen-bond acceptors (Lipinski definition) is 2. The van der Waals surface area contributed by atoms with Crippen LogP contribution in [0.4, 0.5) is 0 Å². The number of nitrogens with zero attached hydrogens (tertiary/aromatic N) is 1. The van der Waals surface area contributed by atoms with Crippen LogP contribution in [0.1, 0.15) is 13.8 Å². The number of nitrogens with one attached hydrogen (secondary N) is 1. The van der Waals surface area contributed by atoms with Crippen molar-refractivity contribution in [1.82, 2.24) is 10.2 Å². The zero-order valence-corrected chi connectivity index (χ0v) is 6.09. The highest BCUT2D eigenvalue weighted by molar-refractivity contribution is 5.07. The molecule has 0 spiro atoms. The average molecular weight is 126 g/mol. The Labute approximate surface area is 56.2 Å². The van der Waals surface area contributed by atoms with Gasteiger partial charge in [0.1, 0.15) is 0 Å². The second kappa shape index (κ2) is 1.70. The van der Waals surface area contributed by atoms with E-state index in [0.717, 1.165) is 18.1 Å². The standard InChI is InChI=1S/C7H14N2/c1-5(2)9-3-6-7(4-9)8-6/h5-8H,3-4H2,1-2H3. The smallest absolute Gasteiger partial charge is 0.0365 e. The molecule has 0 aromatic heterocycles. The third kappa shape index (κ3) is 0.864. The molecule has 1 N–H and O–H groups in total. The predicted octanol–water partition coefficient (Wildman–Crippen LogP) is 0.0508. The summed E-state index contributed by atoms with van der Waals surface area (Å²) in [6.07, 6.45) is 0. The molecule has 9 heavy (non-hydrogen) atoms. The number of fused-ring (bicyclic) bond motifs is 1. The lowest BCUT2D eigenvalue weighted by atomic mass is 10.3. The van der Waals surface area contributed by atoms with E-state index >= 15 is 0 Å². The minimum absolute atomic E-state index is 0.750. The molecule has 0 aromatic carbocycles. The Morgan fingerprint density at radius 3 is 2.22 bits per heavy atom. The van der Waals surface area contributed by atoms with Gasteiger partial charge >= 0.3 is 0 Å². The van der Waals surface area contributed by atoms with Crippen LogP contribution >= 0.6 is 0 Å². The second-order valence-electron chi connectivity index (χ2n) is 3.43. The molecule has 52 valence electrons. The van der Waals surface area contributed by atoms with E-state index in [2.05, 4.69) is 24.1 Å². The summed E-state index contributed by atoms with van der Waals surface area (Å²) in [4.78, 5) is 2.53. The summed E-state index contributed by atoms with van der Waals surface area (Å²) in [6, 6.07) is 2.46. The maximum Gasteiger partial charge on any atom is 0.0365 e. The molecule has 2 rings (SSSR count). The monoisotopic (exact) mass is 126 g/mol. The molecule has 0 radical (unpaired) electrons. The Bertz CT molecular complexity index is 112. The number of likely N-dealkylation sites (tertiary alicyclic amines) is 1.